The van der Waals surface area contributed by atoms with Crippen LogP contribution in [0.5, 0.6) is 11.5 Å². The van der Waals surface area contributed by atoms with E-state index < -0.39 is 6.10 Å². The lowest BCUT2D eigenvalue weighted by molar-refractivity contribution is -0.122. The number of aromatic nitrogens is 1. The lowest BCUT2D eigenvalue weighted by Gasteiger charge is -2.15. The summed E-state index contributed by atoms with van der Waals surface area (Å²) in [5, 5.41) is 3.64. The monoisotopic (exact) mass is 456 g/mol. The van der Waals surface area contributed by atoms with Crippen LogP contribution >= 0.6 is 23.2 Å². The normalized spacial score (nSPS) is 11.9. The zero-order valence-electron chi connectivity index (χ0n) is 16.7. The Morgan fingerprint density at radius 2 is 1.84 bits per heavy atom. The summed E-state index contributed by atoms with van der Waals surface area (Å²) < 4.78 is 16.6. The molecule has 0 spiro atoms. The van der Waals surface area contributed by atoms with Gasteiger partial charge in [0.15, 0.2) is 11.7 Å². The van der Waals surface area contributed by atoms with Crippen molar-refractivity contribution in [3.8, 4) is 23.0 Å². The van der Waals surface area contributed by atoms with Crippen molar-refractivity contribution in [2.75, 3.05) is 12.4 Å². The number of fused-ring (bicyclic) bond motifs is 1. The van der Waals surface area contributed by atoms with Crippen LogP contribution in [0.25, 0.3) is 22.6 Å². The van der Waals surface area contributed by atoms with Crippen LogP contribution in [0.4, 0.5) is 5.69 Å². The smallest absolute Gasteiger partial charge is 0.265 e. The largest absolute Gasteiger partial charge is 0.497 e. The molecule has 1 N–H and O–H groups in total. The van der Waals surface area contributed by atoms with Gasteiger partial charge < -0.3 is 19.2 Å². The molecule has 8 heteroatoms. The molecule has 0 fully saturated rings. The van der Waals surface area contributed by atoms with E-state index in [2.05, 4.69) is 10.3 Å². The second-order valence-corrected chi connectivity index (χ2v) is 7.60. The molecular weight excluding hydrogens is 439 g/mol. The number of rotatable bonds is 6. The van der Waals surface area contributed by atoms with Gasteiger partial charge in [-0.25, -0.2) is 4.98 Å². The highest BCUT2D eigenvalue weighted by Crippen LogP contribution is 2.29. The van der Waals surface area contributed by atoms with Crippen LogP contribution in [-0.4, -0.2) is 24.1 Å². The van der Waals surface area contributed by atoms with Crippen molar-refractivity contribution in [3.63, 3.8) is 0 Å². The number of halogens is 2. The first kappa shape index (κ1) is 21.0. The van der Waals surface area contributed by atoms with Crippen LogP contribution in [0.3, 0.4) is 0 Å². The van der Waals surface area contributed by atoms with Crippen LogP contribution in [-0.2, 0) is 4.79 Å². The molecule has 1 atom stereocenters. The molecule has 0 bridgehead atoms. The van der Waals surface area contributed by atoms with Crippen molar-refractivity contribution >= 4 is 45.9 Å². The lowest BCUT2D eigenvalue weighted by atomic mass is 10.2. The van der Waals surface area contributed by atoms with Gasteiger partial charge in [-0.05, 0) is 67.6 Å². The average Bonchev–Trinajstić information content (AvgIpc) is 3.19. The molecular formula is C23H18Cl2N2O4. The fourth-order valence-electron chi connectivity index (χ4n) is 2.92. The number of hydrogen-bond acceptors (Lipinski definition) is 5. The summed E-state index contributed by atoms with van der Waals surface area (Å²) in [6.45, 7) is 1.64. The van der Waals surface area contributed by atoms with Gasteiger partial charge in [0.25, 0.3) is 5.91 Å². The summed E-state index contributed by atoms with van der Waals surface area (Å²) in [6, 6.07) is 17.5. The fraction of sp³-hybridized carbons (Fsp3) is 0.130. The number of benzene rings is 3. The Labute approximate surface area is 188 Å². The van der Waals surface area contributed by atoms with Gasteiger partial charge in [0.2, 0.25) is 5.89 Å². The maximum Gasteiger partial charge on any atom is 0.265 e. The molecule has 1 heterocycles. The van der Waals surface area contributed by atoms with Crippen molar-refractivity contribution in [3.05, 3.63) is 70.7 Å². The number of nitrogens with zero attached hydrogens (tertiary/aromatic N) is 1. The van der Waals surface area contributed by atoms with Gasteiger partial charge in [0.1, 0.15) is 17.0 Å². The number of oxazole rings is 1. The molecule has 4 aromatic rings. The third kappa shape index (κ3) is 4.76. The first-order valence-electron chi connectivity index (χ1n) is 9.40. The van der Waals surface area contributed by atoms with Crippen LogP contribution in [0, 0.1) is 0 Å². The molecule has 0 aliphatic heterocycles. The second kappa shape index (κ2) is 8.88. The minimum absolute atomic E-state index is 0.329. The molecule has 0 aliphatic rings. The van der Waals surface area contributed by atoms with Crippen LogP contribution < -0.4 is 14.8 Å². The minimum Gasteiger partial charge on any atom is -0.497 e. The van der Waals surface area contributed by atoms with Gasteiger partial charge in [-0.2, -0.15) is 0 Å². The van der Waals surface area contributed by atoms with E-state index in [1.165, 1.54) is 0 Å². The van der Waals surface area contributed by atoms with Crippen molar-refractivity contribution < 1.29 is 18.7 Å². The SMILES string of the molecule is COc1ccc(-c2nc3cc(NC(=O)C(C)Oc4ccc(Cl)cc4Cl)ccc3o2)cc1. The first-order valence-corrected chi connectivity index (χ1v) is 10.2. The van der Waals surface area contributed by atoms with E-state index >= 15 is 0 Å². The zero-order chi connectivity index (χ0) is 22.0. The molecule has 1 aromatic heterocycles. The average molecular weight is 457 g/mol. The van der Waals surface area contributed by atoms with E-state index in [1.54, 1.807) is 50.4 Å². The Bertz CT molecular complexity index is 1240. The highest BCUT2D eigenvalue weighted by molar-refractivity contribution is 6.35. The zero-order valence-corrected chi connectivity index (χ0v) is 18.2. The number of nitrogens with one attached hydrogen (secondary N) is 1. The molecule has 3 aromatic carbocycles. The number of carbonyl (C=O) groups excluding carboxylic acids is 1. The Balaban J connectivity index is 1.48. The van der Waals surface area contributed by atoms with Crippen molar-refractivity contribution in [1.29, 1.82) is 0 Å². The number of hydrogen-bond donors (Lipinski definition) is 1. The third-order valence-corrected chi connectivity index (χ3v) is 5.09. The molecule has 0 saturated carbocycles. The lowest BCUT2D eigenvalue weighted by Crippen LogP contribution is -2.30. The Hall–Kier alpha value is -3.22. The number of anilines is 1. The predicted molar refractivity (Wildman–Crippen MR) is 121 cm³/mol. The van der Waals surface area contributed by atoms with E-state index in [1.807, 2.05) is 24.3 Å². The number of carbonyl (C=O) groups is 1. The highest BCUT2D eigenvalue weighted by atomic mass is 35.5. The Kier molecular flexibility index (Phi) is 6.02. The summed E-state index contributed by atoms with van der Waals surface area (Å²) in [6.07, 6.45) is -0.776. The second-order valence-electron chi connectivity index (χ2n) is 6.75. The van der Waals surface area contributed by atoms with Crippen molar-refractivity contribution in [2.45, 2.75) is 13.0 Å². The fourth-order valence-corrected chi connectivity index (χ4v) is 3.37. The van der Waals surface area contributed by atoms with Crippen molar-refractivity contribution in [2.24, 2.45) is 0 Å². The van der Waals surface area contributed by atoms with E-state index in [-0.39, 0.29) is 5.91 Å². The molecule has 0 saturated heterocycles. The maximum absolute atomic E-state index is 12.6. The topological polar surface area (TPSA) is 73.6 Å². The van der Waals surface area contributed by atoms with Gasteiger partial charge in [-0.15, -0.1) is 0 Å². The molecule has 4 rings (SSSR count). The molecule has 1 unspecified atom stereocenters. The first-order chi connectivity index (χ1) is 14.9. The summed E-state index contributed by atoms with van der Waals surface area (Å²) in [5.74, 6) is 1.28. The van der Waals surface area contributed by atoms with Gasteiger partial charge in [0.05, 0.1) is 12.1 Å². The number of amides is 1. The summed E-state index contributed by atoms with van der Waals surface area (Å²) in [7, 11) is 1.61. The quantitative estimate of drug-likeness (QED) is 0.372. The van der Waals surface area contributed by atoms with E-state index in [4.69, 9.17) is 37.1 Å². The van der Waals surface area contributed by atoms with E-state index in [9.17, 15) is 4.79 Å². The minimum atomic E-state index is -0.776. The van der Waals surface area contributed by atoms with Gasteiger partial charge in [-0.1, -0.05) is 23.2 Å². The molecule has 0 radical (unpaired) electrons. The summed E-state index contributed by atoms with van der Waals surface area (Å²) >= 11 is 12.0. The van der Waals surface area contributed by atoms with Gasteiger partial charge in [0, 0.05) is 16.3 Å². The third-order valence-electron chi connectivity index (χ3n) is 4.56. The summed E-state index contributed by atoms with van der Waals surface area (Å²) in [4.78, 5) is 17.1. The van der Waals surface area contributed by atoms with Crippen LogP contribution in [0.2, 0.25) is 10.0 Å². The number of methoxy groups -OCH3 is 1. The standard InChI is InChI=1S/C23H18Cl2N2O4/c1-13(30-20-9-5-15(24)11-18(20)25)22(28)26-16-6-10-21-19(12-16)27-23(31-21)14-3-7-17(29-2)8-4-14/h3-13H,1-2H3,(H,26,28). The molecule has 158 valence electrons. The van der Waals surface area contributed by atoms with Crippen LogP contribution in [0.1, 0.15) is 6.92 Å². The molecule has 1 amide bonds. The van der Waals surface area contributed by atoms with Gasteiger partial charge >= 0.3 is 0 Å². The van der Waals surface area contributed by atoms with E-state index in [0.717, 1.165) is 11.3 Å². The van der Waals surface area contributed by atoms with E-state index in [0.29, 0.717) is 38.5 Å². The predicted octanol–water partition coefficient (Wildman–Crippen LogP) is 6.22. The summed E-state index contributed by atoms with van der Waals surface area (Å²) in [5.41, 5.74) is 2.63. The molecule has 0 aliphatic carbocycles. The molecule has 6 nitrogen and oxygen atoms in total. The van der Waals surface area contributed by atoms with Crippen LogP contribution in [0.15, 0.2) is 65.1 Å². The maximum atomic E-state index is 12.6. The highest BCUT2D eigenvalue weighted by Gasteiger charge is 2.17. The van der Waals surface area contributed by atoms with Gasteiger partial charge in [-0.3, -0.25) is 4.79 Å². The Morgan fingerprint density at radius 1 is 1.06 bits per heavy atom. The molecule has 31 heavy (non-hydrogen) atoms. The van der Waals surface area contributed by atoms with Crippen molar-refractivity contribution in [1.82, 2.24) is 4.98 Å². The number of ether oxygens (including phenoxy) is 2. The Morgan fingerprint density at radius 3 is 2.55 bits per heavy atom.